The number of methoxy groups -OCH3 is 2. The summed E-state index contributed by atoms with van der Waals surface area (Å²) in [6.07, 6.45) is 1.68. The minimum absolute atomic E-state index is 0.263. The molecule has 2 aromatic carbocycles. The minimum Gasteiger partial charge on any atom is -0.497 e. The molecule has 0 fully saturated rings. The standard InChI is InChI=1S/C21H20N4O4/c1-28-14-7-5-6-13(10-14)19-18(20(26)29-2)16(23-21(27)24-19)11-25-12-22-15-8-3-4-9-17(15)25/h3-10,12,19H,11H2,1-2H3,(H2,23,24,27)/t19-/m0/s1. The van der Waals surface area contributed by atoms with E-state index < -0.39 is 18.0 Å². The lowest BCUT2D eigenvalue weighted by atomic mass is 9.95. The van der Waals surface area contributed by atoms with Crippen LogP contribution in [0.4, 0.5) is 4.79 Å². The van der Waals surface area contributed by atoms with Crippen LogP contribution in [0.5, 0.6) is 5.75 Å². The van der Waals surface area contributed by atoms with Crippen molar-refractivity contribution in [3.63, 3.8) is 0 Å². The fourth-order valence-electron chi connectivity index (χ4n) is 3.47. The van der Waals surface area contributed by atoms with E-state index in [1.54, 1.807) is 31.6 Å². The maximum atomic E-state index is 12.7. The number of fused-ring (bicyclic) bond motifs is 1. The zero-order valence-corrected chi connectivity index (χ0v) is 16.0. The van der Waals surface area contributed by atoms with Gasteiger partial charge in [-0.25, -0.2) is 14.6 Å². The quantitative estimate of drug-likeness (QED) is 0.651. The number of nitrogens with one attached hydrogen (secondary N) is 2. The van der Waals surface area contributed by atoms with E-state index in [-0.39, 0.29) is 6.54 Å². The molecule has 2 amide bonds. The number of amides is 2. The second-order valence-electron chi connectivity index (χ2n) is 6.55. The molecule has 148 valence electrons. The molecule has 1 aliphatic rings. The Labute approximate surface area is 167 Å². The first-order valence-corrected chi connectivity index (χ1v) is 9.03. The molecule has 4 rings (SSSR count). The fraction of sp³-hybridized carbons (Fsp3) is 0.190. The summed E-state index contributed by atoms with van der Waals surface area (Å²) >= 11 is 0. The Morgan fingerprint density at radius 3 is 2.79 bits per heavy atom. The van der Waals surface area contributed by atoms with Crippen LogP contribution in [-0.2, 0) is 16.1 Å². The number of nitrogens with zero attached hydrogens (tertiary/aromatic N) is 2. The summed E-state index contributed by atoms with van der Waals surface area (Å²) < 4.78 is 12.2. The molecule has 0 bridgehead atoms. The normalized spacial score (nSPS) is 16.3. The highest BCUT2D eigenvalue weighted by atomic mass is 16.5. The number of urea groups is 1. The number of aromatic nitrogens is 2. The predicted molar refractivity (Wildman–Crippen MR) is 106 cm³/mol. The van der Waals surface area contributed by atoms with E-state index in [0.29, 0.717) is 22.6 Å². The third kappa shape index (κ3) is 3.52. The van der Waals surface area contributed by atoms with Crippen LogP contribution in [0.25, 0.3) is 11.0 Å². The zero-order chi connectivity index (χ0) is 20.4. The Kier molecular flexibility index (Phi) is 4.90. The highest BCUT2D eigenvalue weighted by Gasteiger charge is 2.33. The molecule has 8 heteroatoms. The maximum Gasteiger partial charge on any atom is 0.338 e. The lowest BCUT2D eigenvalue weighted by Gasteiger charge is -2.29. The highest BCUT2D eigenvalue weighted by Crippen LogP contribution is 2.30. The predicted octanol–water partition coefficient (Wildman–Crippen LogP) is 2.53. The molecule has 1 atom stereocenters. The number of rotatable bonds is 5. The van der Waals surface area contributed by atoms with Crippen LogP contribution in [0.1, 0.15) is 11.6 Å². The van der Waals surface area contributed by atoms with E-state index >= 15 is 0 Å². The molecule has 1 aromatic heterocycles. The van der Waals surface area contributed by atoms with Crippen LogP contribution in [0, 0.1) is 0 Å². The number of hydrogen-bond acceptors (Lipinski definition) is 5. The van der Waals surface area contributed by atoms with Crippen molar-refractivity contribution in [3.05, 3.63) is 71.7 Å². The van der Waals surface area contributed by atoms with Crippen molar-refractivity contribution in [2.75, 3.05) is 14.2 Å². The minimum atomic E-state index is -0.670. The molecule has 2 heterocycles. The molecule has 0 spiro atoms. The molecular formula is C21H20N4O4. The Bertz CT molecular complexity index is 1120. The third-order valence-corrected chi connectivity index (χ3v) is 4.84. The van der Waals surface area contributed by atoms with Crippen LogP contribution in [-0.4, -0.2) is 35.8 Å². The summed E-state index contributed by atoms with van der Waals surface area (Å²) in [4.78, 5) is 29.5. The van der Waals surface area contributed by atoms with Crippen molar-refractivity contribution in [3.8, 4) is 5.75 Å². The van der Waals surface area contributed by atoms with Gasteiger partial charge in [0.05, 0.1) is 55.4 Å². The van der Waals surface area contributed by atoms with Gasteiger partial charge in [0.2, 0.25) is 0 Å². The number of carbonyl (C=O) groups excluding carboxylic acids is 2. The van der Waals surface area contributed by atoms with Gasteiger partial charge < -0.3 is 24.7 Å². The molecule has 0 radical (unpaired) electrons. The summed E-state index contributed by atoms with van der Waals surface area (Å²) in [5.74, 6) is 0.103. The number of esters is 1. The number of imidazole rings is 1. The number of allylic oxidation sites excluding steroid dienone is 1. The fourth-order valence-corrected chi connectivity index (χ4v) is 3.47. The average Bonchev–Trinajstić information content (AvgIpc) is 3.16. The second kappa shape index (κ2) is 7.67. The highest BCUT2D eigenvalue weighted by molar-refractivity contribution is 5.95. The molecule has 3 aromatic rings. The van der Waals surface area contributed by atoms with Gasteiger partial charge in [0.15, 0.2) is 0 Å². The van der Waals surface area contributed by atoms with Crippen molar-refractivity contribution >= 4 is 23.0 Å². The molecular weight excluding hydrogens is 372 g/mol. The topological polar surface area (TPSA) is 94.5 Å². The van der Waals surface area contributed by atoms with Crippen molar-refractivity contribution in [1.29, 1.82) is 0 Å². The van der Waals surface area contributed by atoms with Crippen molar-refractivity contribution in [1.82, 2.24) is 20.2 Å². The third-order valence-electron chi connectivity index (χ3n) is 4.84. The second-order valence-corrected chi connectivity index (χ2v) is 6.55. The van der Waals surface area contributed by atoms with Gasteiger partial charge in [0.25, 0.3) is 0 Å². The number of hydrogen-bond donors (Lipinski definition) is 2. The van der Waals surface area contributed by atoms with Crippen molar-refractivity contribution in [2.45, 2.75) is 12.6 Å². The molecule has 0 unspecified atom stereocenters. The van der Waals surface area contributed by atoms with E-state index in [0.717, 1.165) is 11.0 Å². The first kappa shape index (κ1) is 18.5. The van der Waals surface area contributed by atoms with Crippen LogP contribution in [0.3, 0.4) is 0 Å². The molecule has 8 nitrogen and oxygen atoms in total. The Morgan fingerprint density at radius 1 is 1.17 bits per heavy atom. The monoisotopic (exact) mass is 392 g/mol. The lowest BCUT2D eigenvalue weighted by molar-refractivity contribution is -0.136. The van der Waals surface area contributed by atoms with E-state index in [2.05, 4.69) is 15.6 Å². The summed E-state index contributed by atoms with van der Waals surface area (Å²) in [7, 11) is 2.88. The first-order chi connectivity index (χ1) is 14.1. The molecule has 0 saturated carbocycles. The van der Waals surface area contributed by atoms with Gasteiger partial charge in [-0.3, -0.25) is 0 Å². The Morgan fingerprint density at radius 2 is 2.00 bits per heavy atom. The zero-order valence-electron chi connectivity index (χ0n) is 16.0. The van der Waals surface area contributed by atoms with Gasteiger partial charge in [-0.15, -0.1) is 0 Å². The number of benzene rings is 2. The van der Waals surface area contributed by atoms with Gasteiger partial charge >= 0.3 is 12.0 Å². The number of ether oxygens (including phenoxy) is 2. The van der Waals surface area contributed by atoms with Gasteiger partial charge in [-0.1, -0.05) is 24.3 Å². The summed E-state index contributed by atoms with van der Waals surface area (Å²) in [5.41, 5.74) is 3.23. The van der Waals surface area contributed by atoms with E-state index in [9.17, 15) is 9.59 Å². The van der Waals surface area contributed by atoms with E-state index in [1.807, 2.05) is 34.9 Å². The maximum absolute atomic E-state index is 12.7. The largest absolute Gasteiger partial charge is 0.497 e. The number of para-hydroxylation sites is 2. The average molecular weight is 392 g/mol. The summed E-state index contributed by atoms with van der Waals surface area (Å²) in [6, 6.07) is 13.8. The van der Waals surface area contributed by atoms with Gasteiger partial charge in [0.1, 0.15) is 5.75 Å². The van der Waals surface area contributed by atoms with Gasteiger partial charge in [-0.2, -0.15) is 0 Å². The van der Waals surface area contributed by atoms with Gasteiger partial charge in [-0.05, 0) is 29.8 Å². The number of carbonyl (C=O) groups is 2. The molecule has 0 aliphatic carbocycles. The van der Waals surface area contributed by atoms with Crippen LogP contribution >= 0.6 is 0 Å². The molecule has 1 aliphatic heterocycles. The van der Waals surface area contributed by atoms with Crippen molar-refractivity contribution < 1.29 is 19.1 Å². The Balaban J connectivity index is 1.81. The SMILES string of the molecule is COC(=O)C1=C(Cn2cnc3ccccc32)NC(=O)N[C@H]1c1cccc(OC)c1. The van der Waals surface area contributed by atoms with E-state index in [1.165, 1.54) is 7.11 Å². The van der Waals surface area contributed by atoms with Crippen LogP contribution in [0.15, 0.2) is 66.1 Å². The first-order valence-electron chi connectivity index (χ1n) is 9.03. The summed E-state index contributed by atoms with van der Waals surface area (Å²) in [6.45, 7) is 0.263. The van der Waals surface area contributed by atoms with E-state index in [4.69, 9.17) is 9.47 Å². The summed E-state index contributed by atoms with van der Waals surface area (Å²) in [5, 5.41) is 5.57. The smallest absolute Gasteiger partial charge is 0.338 e. The molecule has 0 saturated heterocycles. The van der Waals surface area contributed by atoms with Crippen LogP contribution in [0.2, 0.25) is 0 Å². The Hall–Kier alpha value is -3.81. The van der Waals surface area contributed by atoms with Crippen molar-refractivity contribution in [2.24, 2.45) is 0 Å². The van der Waals surface area contributed by atoms with Crippen LogP contribution < -0.4 is 15.4 Å². The molecule has 29 heavy (non-hydrogen) atoms. The molecule has 2 N–H and O–H groups in total. The lowest BCUT2D eigenvalue weighted by Crippen LogP contribution is -2.46. The van der Waals surface area contributed by atoms with Gasteiger partial charge in [0, 0.05) is 0 Å².